The van der Waals surface area contributed by atoms with Gasteiger partial charge in [-0.05, 0) is 17.7 Å². The molecule has 0 bridgehead atoms. The Morgan fingerprint density at radius 3 is 2.62 bits per heavy atom. The van der Waals surface area contributed by atoms with Crippen molar-refractivity contribution in [2.24, 2.45) is 0 Å². The first kappa shape index (κ1) is 17.9. The number of hydrogen-bond donors (Lipinski definition) is 2. The molecule has 7 heteroatoms. The summed E-state index contributed by atoms with van der Waals surface area (Å²) in [6.45, 7) is 3.85. The molecule has 0 saturated carbocycles. The number of likely N-dealkylation sites (tertiary alicyclic amines) is 1. The van der Waals surface area contributed by atoms with E-state index < -0.39 is 4.92 Å². The largest absolute Gasteiger partial charge is 0.433 e. The molecule has 3 rings (SSSR count). The number of amides is 1. The van der Waals surface area contributed by atoms with E-state index in [0.29, 0.717) is 6.54 Å². The minimum Gasteiger partial charge on any atom is -0.401 e. The van der Waals surface area contributed by atoms with Gasteiger partial charge in [-0.25, -0.2) is 0 Å². The molecule has 2 N–H and O–H groups in total. The monoisotopic (exact) mass is 356 g/mol. The first-order valence-corrected chi connectivity index (χ1v) is 8.72. The lowest BCUT2D eigenvalue weighted by Crippen LogP contribution is -3.08. The highest BCUT2D eigenvalue weighted by molar-refractivity contribution is 5.91. The molecule has 1 aromatic carbocycles. The summed E-state index contributed by atoms with van der Waals surface area (Å²) in [5, 5.41) is 13.4. The van der Waals surface area contributed by atoms with Crippen molar-refractivity contribution in [2.45, 2.75) is 25.9 Å². The van der Waals surface area contributed by atoms with Crippen molar-refractivity contribution in [1.82, 2.24) is 5.32 Å². The maximum atomic E-state index is 12.0. The third kappa shape index (κ3) is 4.80. The maximum Gasteiger partial charge on any atom is 0.433 e. The SMILES string of the molecule is O=C(/C=C/c1ccc([N+](=O)[O-])o1)NCc1ccccc1C[NH+]1CCCC1. The minimum atomic E-state index is -0.614. The van der Waals surface area contributed by atoms with E-state index >= 15 is 0 Å². The second kappa shape index (κ2) is 8.44. The van der Waals surface area contributed by atoms with Gasteiger partial charge in [0, 0.05) is 31.0 Å². The summed E-state index contributed by atoms with van der Waals surface area (Å²) in [6, 6.07) is 10.9. The van der Waals surface area contributed by atoms with Crippen molar-refractivity contribution < 1.29 is 19.0 Å². The van der Waals surface area contributed by atoms with Crippen LogP contribution in [-0.4, -0.2) is 23.9 Å². The van der Waals surface area contributed by atoms with Crippen molar-refractivity contribution in [2.75, 3.05) is 13.1 Å². The van der Waals surface area contributed by atoms with Gasteiger partial charge in [-0.1, -0.05) is 24.3 Å². The lowest BCUT2D eigenvalue weighted by Gasteiger charge is -2.15. The smallest absolute Gasteiger partial charge is 0.401 e. The molecular weight excluding hydrogens is 334 g/mol. The van der Waals surface area contributed by atoms with Crippen LogP contribution in [0, 0.1) is 10.1 Å². The van der Waals surface area contributed by atoms with Gasteiger partial charge >= 0.3 is 5.88 Å². The maximum absolute atomic E-state index is 12.0. The number of furan rings is 1. The van der Waals surface area contributed by atoms with Gasteiger partial charge in [-0.15, -0.1) is 0 Å². The molecule has 26 heavy (non-hydrogen) atoms. The van der Waals surface area contributed by atoms with Crippen molar-refractivity contribution in [3.63, 3.8) is 0 Å². The summed E-state index contributed by atoms with van der Waals surface area (Å²) in [5.41, 5.74) is 2.37. The number of carbonyl (C=O) groups is 1. The molecule has 0 aliphatic carbocycles. The number of nitrogens with zero attached hydrogens (tertiary/aromatic N) is 1. The summed E-state index contributed by atoms with van der Waals surface area (Å²) in [7, 11) is 0. The van der Waals surface area contributed by atoms with Crippen LogP contribution in [0.15, 0.2) is 46.9 Å². The number of nitro groups is 1. The fourth-order valence-electron chi connectivity index (χ4n) is 3.15. The van der Waals surface area contributed by atoms with E-state index in [0.717, 1.165) is 12.1 Å². The molecule has 2 aromatic rings. The summed E-state index contributed by atoms with van der Waals surface area (Å²) in [5.74, 6) is -0.347. The van der Waals surface area contributed by atoms with Crippen LogP contribution in [0.2, 0.25) is 0 Å². The van der Waals surface area contributed by atoms with Crippen LogP contribution in [0.4, 0.5) is 5.88 Å². The van der Waals surface area contributed by atoms with Gasteiger partial charge in [0.25, 0.3) is 0 Å². The Labute approximate surface area is 151 Å². The first-order chi connectivity index (χ1) is 12.6. The fraction of sp³-hybridized carbons (Fsp3) is 0.316. The fourth-order valence-corrected chi connectivity index (χ4v) is 3.15. The van der Waals surface area contributed by atoms with E-state index in [1.54, 1.807) is 4.90 Å². The second-order valence-electron chi connectivity index (χ2n) is 6.39. The van der Waals surface area contributed by atoms with Crippen molar-refractivity contribution in [3.05, 3.63) is 69.5 Å². The molecule has 0 unspecified atom stereocenters. The number of rotatable bonds is 7. The van der Waals surface area contributed by atoms with Crippen molar-refractivity contribution in [1.29, 1.82) is 0 Å². The van der Waals surface area contributed by atoms with E-state index in [-0.39, 0.29) is 17.6 Å². The topological polar surface area (TPSA) is 89.8 Å². The van der Waals surface area contributed by atoms with Crippen LogP contribution in [0.3, 0.4) is 0 Å². The van der Waals surface area contributed by atoms with Gasteiger partial charge in [0.05, 0.1) is 19.2 Å². The number of hydrogen-bond acceptors (Lipinski definition) is 4. The molecule has 7 nitrogen and oxygen atoms in total. The quantitative estimate of drug-likeness (QED) is 0.449. The molecule has 1 aromatic heterocycles. The highest BCUT2D eigenvalue weighted by atomic mass is 16.6. The number of quaternary nitrogens is 1. The van der Waals surface area contributed by atoms with E-state index in [1.807, 2.05) is 18.2 Å². The number of nitrogens with one attached hydrogen (secondary N) is 2. The number of benzene rings is 1. The van der Waals surface area contributed by atoms with Gasteiger partial charge in [-0.2, -0.15) is 0 Å². The molecular formula is C19H22N3O4+. The van der Waals surface area contributed by atoms with Crippen LogP contribution >= 0.6 is 0 Å². The average Bonchev–Trinajstić information content (AvgIpc) is 3.31. The minimum absolute atomic E-state index is 0.268. The molecule has 2 heterocycles. The van der Waals surface area contributed by atoms with E-state index in [2.05, 4.69) is 11.4 Å². The molecule has 0 spiro atoms. The highest BCUT2D eigenvalue weighted by Gasteiger charge is 2.17. The molecule has 0 radical (unpaired) electrons. The Morgan fingerprint density at radius 2 is 1.92 bits per heavy atom. The van der Waals surface area contributed by atoms with E-state index in [9.17, 15) is 14.9 Å². The standard InChI is InChI=1S/C19H21N3O4/c23-18(9-7-17-8-10-19(26-17)22(24)25)20-13-15-5-1-2-6-16(15)14-21-11-3-4-12-21/h1-2,5-10H,3-4,11-14H2,(H,20,23)/p+1/b9-7+. The summed E-state index contributed by atoms with van der Waals surface area (Å²) >= 11 is 0. The molecule has 1 amide bonds. The normalized spacial score (nSPS) is 14.8. The van der Waals surface area contributed by atoms with Crippen LogP contribution in [-0.2, 0) is 17.9 Å². The summed E-state index contributed by atoms with van der Waals surface area (Å²) < 4.78 is 4.98. The first-order valence-electron chi connectivity index (χ1n) is 8.72. The Balaban J connectivity index is 1.55. The van der Waals surface area contributed by atoms with Gasteiger partial charge in [0.1, 0.15) is 17.2 Å². The van der Waals surface area contributed by atoms with Gasteiger partial charge in [0.2, 0.25) is 5.91 Å². The van der Waals surface area contributed by atoms with Gasteiger partial charge in [0.15, 0.2) is 0 Å². The lowest BCUT2D eigenvalue weighted by atomic mass is 10.1. The van der Waals surface area contributed by atoms with Crippen LogP contribution in [0.5, 0.6) is 0 Å². The zero-order valence-corrected chi connectivity index (χ0v) is 14.4. The summed E-state index contributed by atoms with van der Waals surface area (Å²) in [4.78, 5) is 23.6. The summed E-state index contributed by atoms with van der Waals surface area (Å²) in [6.07, 6.45) is 5.30. The Hall–Kier alpha value is -2.93. The Bertz CT molecular complexity index is 807. The van der Waals surface area contributed by atoms with E-state index in [1.165, 1.54) is 55.8 Å². The molecule has 1 aliphatic heterocycles. The molecule has 1 aliphatic rings. The number of carbonyl (C=O) groups excluding carboxylic acids is 1. The van der Waals surface area contributed by atoms with Gasteiger partial charge in [-0.3, -0.25) is 14.9 Å². The van der Waals surface area contributed by atoms with E-state index in [4.69, 9.17) is 4.42 Å². The zero-order chi connectivity index (χ0) is 18.4. The van der Waals surface area contributed by atoms with Gasteiger partial charge < -0.3 is 14.6 Å². The van der Waals surface area contributed by atoms with Crippen molar-refractivity contribution >= 4 is 17.9 Å². The van der Waals surface area contributed by atoms with Crippen LogP contribution in [0.25, 0.3) is 6.08 Å². The second-order valence-corrected chi connectivity index (χ2v) is 6.39. The average molecular weight is 356 g/mol. The molecule has 1 fully saturated rings. The van der Waals surface area contributed by atoms with Crippen molar-refractivity contribution in [3.8, 4) is 0 Å². The predicted octanol–water partition coefficient (Wildman–Crippen LogP) is 1.70. The highest BCUT2D eigenvalue weighted by Crippen LogP contribution is 2.16. The third-order valence-electron chi connectivity index (χ3n) is 4.51. The van der Waals surface area contributed by atoms with Crippen LogP contribution < -0.4 is 10.2 Å². The Kier molecular flexibility index (Phi) is 5.80. The molecule has 0 atom stereocenters. The van der Waals surface area contributed by atoms with Crippen LogP contribution in [0.1, 0.15) is 29.7 Å². The molecule has 1 saturated heterocycles. The third-order valence-corrected chi connectivity index (χ3v) is 4.51. The zero-order valence-electron chi connectivity index (χ0n) is 14.4. The molecule has 136 valence electrons. The predicted molar refractivity (Wildman–Crippen MR) is 96.3 cm³/mol. The Morgan fingerprint density at radius 1 is 1.19 bits per heavy atom. The lowest BCUT2D eigenvalue weighted by molar-refractivity contribution is -0.901.